The van der Waals surface area contributed by atoms with Crippen molar-refractivity contribution in [1.29, 1.82) is 0 Å². The predicted octanol–water partition coefficient (Wildman–Crippen LogP) is 5.58. The fourth-order valence-electron chi connectivity index (χ4n) is 3.24. The number of ether oxygens (including phenoxy) is 1. The van der Waals surface area contributed by atoms with Gasteiger partial charge in [0.1, 0.15) is 5.75 Å². The van der Waals surface area contributed by atoms with Gasteiger partial charge in [0.25, 0.3) is 5.91 Å². The molecule has 3 aromatic carbocycles. The highest BCUT2D eigenvalue weighted by atomic mass is 79.9. The topological polar surface area (TPSA) is 75.7 Å². The highest BCUT2D eigenvalue weighted by Gasteiger charge is 2.21. The third kappa shape index (κ3) is 6.68. The smallest absolute Gasteiger partial charge is 0.262 e. The Hall–Kier alpha value is -2.68. The van der Waals surface area contributed by atoms with Gasteiger partial charge >= 0.3 is 0 Å². The maximum atomic E-state index is 12.9. The molecule has 0 fully saturated rings. The summed E-state index contributed by atoms with van der Waals surface area (Å²) in [5.74, 6) is 0.231. The molecule has 0 saturated carbocycles. The van der Waals surface area contributed by atoms with E-state index in [4.69, 9.17) is 4.74 Å². The first-order chi connectivity index (χ1) is 16.0. The summed E-state index contributed by atoms with van der Waals surface area (Å²) in [6.07, 6.45) is 0. The van der Waals surface area contributed by atoms with Crippen LogP contribution in [0.1, 0.15) is 31.9 Å². The van der Waals surface area contributed by atoms with Crippen LogP contribution in [-0.2, 0) is 26.8 Å². The van der Waals surface area contributed by atoms with Crippen LogP contribution in [0.3, 0.4) is 0 Å². The van der Waals surface area contributed by atoms with Crippen molar-refractivity contribution in [1.82, 2.24) is 4.31 Å². The summed E-state index contributed by atoms with van der Waals surface area (Å²) in [6, 6.07) is 21.3. The second kappa shape index (κ2) is 10.7. The van der Waals surface area contributed by atoms with Crippen molar-refractivity contribution in [2.75, 3.05) is 19.0 Å². The first kappa shape index (κ1) is 25.9. The molecule has 34 heavy (non-hydrogen) atoms. The zero-order chi connectivity index (χ0) is 24.9. The molecule has 3 rings (SSSR count). The summed E-state index contributed by atoms with van der Waals surface area (Å²) in [6.45, 7) is 6.47. The fourth-order valence-corrected chi connectivity index (χ4v) is 4.89. The summed E-state index contributed by atoms with van der Waals surface area (Å²) >= 11 is 3.50. The molecule has 0 aliphatic carbocycles. The van der Waals surface area contributed by atoms with Crippen molar-refractivity contribution in [3.05, 3.63) is 88.4 Å². The van der Waals surface area contributed by atoms with E-state index in [0.29, 0.717) is 11.4 Å². The lowest BCUT2D eigenvalue weighted by molar-refractivity contribution is -0.118. The molecule has 6 nitrogen and oxygen atoms in total. The predicted molar refractivity (Wildman–Crippen MR) is 139 cm³/mol. The number of sulfonamides is 1. The molecule has 0 radical (unpaired) electrons. The molecule has 0 heterocycles. The van der Waals surface area contributed by atoms with Crippen molar-refractivity contribution < 1.29 is 17.9 Å². The summed E-state index contributed by atoms with van der Waals surface area (Å²) in [5, 5.41) is 2.73. The van der Waals surface area contributed by atoms with E-state index < -0.39 is 10.0 Å². The van der Waals surface area contributed by atoms with Gasteiger partial charge < -0.3 is 10.1 Å². The van der Waals surface area contributed by atoms with E-state index in [1.165, 1.54) is 16.4 Å². The van der Waals surface area contributed by atoms with Crippen LogP contribution in [0.5, 0.6) is 5.75 Å². The number of hydrogen-bond acceptors (Lipinski definition) is 4. The molecule has 0 aromatic heterocycles. The van der Waals surface area contributed by atoms with Gasteiger partial charge in [0.2, 0.25) is 10.0 Å². The van der Waals surface area contributed by atoms with Gasteiger partial charge in [-0.3, -0.25) is 4.79 Å². The number of anilines is 1. The standard InChI is InChI=1S/C26H29BrN2O4S/c1-26(2,3)20-10-15-24(23(27)16-20)33-18-25(30)28-21-11-13-22(14-12-21)34(31,32)29(4)17-19-8-6-5-7-9-19/h5-16H,17-18H2,1-4H3,(H,28,30). The van der Waals surface area contributed by atoms with Gasteiger partial charge in [-0.1, -0.05) is 57.2 Å². The molecule has 8 heteroatoms. The lowest BCUT2D eigenvalue weighted by Gasteiger charge is -2.20. The van der Waals surface area contributed by atoms with E-state index in [2.05, 4.69) is 42.0 Å². The highest BCUT2D eigenvalue weighted by molar-refractivity contribution is 9.10. The summed E-state index contributed by atoms with van der Waals surface area (Å²) < 4.78 is 33.4. The lowest BCUT2D eigenvalue weighted by Crippen LogP contribution is -2.26. The Kier molecular flexibility index (Phi) is 8.17. The lowest BCUT2D eigenvalue weighted by atomic mass is 9.87. The summed E-state index contributed by atoms with van der Waals surface area (Å²) in [5.41, 5.74) is 2.55. The molecule has 0 atom stereocenters. The first-order valence-electron chi connectivity index (χ1n) is 10.8. The molecule has 0 bridgehead atoms. The Bertz CT molecular complexity index is 1240. The van der Waals surface area contributed by atoms with E-state index >= 15 is 0 Å². The van der Waals surface area contributed by atoms with Crippen molar-refractivity contribution in [3.8, 4) is 5.75 Å². The Morgan fingerprint density at radius 2 is 1.65 bits per heavy atom. The Morgan fingerprint density at radius 1 is 1.00 bits per heavy atom. The van der Waals surface area contributed by atoms with Gasteiger partial charge in [-0.2, -0.15) is 4.31 Å². The van der Waals surface area contributed by atoms with Crippen LogP contribution in [0.4, 0.5) is 5.69 Å². The van der Waals surface area contributed by atoms with E-state index in [0.717, 1.165) is 15.6 Å². The molecular weight excluding hydrogens is 516 g/mol. The number of benzene rings is 3. The van der Waals surface area contributed by atoms with Gasteiger partial charge in [-0.25, -0.2) is 8.42 Å². The molecule has 0 aliphatic heterocycles. The van der Waals surface area contributed by atoms with Crippen LogP contribution in [0.15, 0.2) is 82.2 Å². The van der Waals surface area contributed by atoms with Crippen LogP contribution in [-0.4, -0.2) is 32.3 Å². The van der Waals surface area contributed by atoms with Gasteiger partial charge in [-0.15, -0.1) is 0 Å². The summed E-state index contributed by atoms with van der Waals surface area (Å²) in [7, 11) is -2.11. The van der Waals surface area contributed by atoms with Crippen LogP contribution in [0.25, 0.3) is 0 Å². The van der Waals surface area contributed by atoms with Crippen molar-refractivity contribution in [2.45, 2.75) is 37.6 Å². The summed E-state index contributed by atoms with van der Waals surface area (Å²) in [4.78, 5) is 12.5. The number of carbonyl (C=O) groups excluding carboxylic acids is 1. The second-order valence-electron chi connectivity index (χ2n) is 9.00. The quantitative estimate of drug-likeness (QED) is 0.401. The average Bonchev–Trinajstić information content (AvgIpc) is 2.78. The second-order valence-corrected chi connectivity index (χ2v) is 11.9. The minimum absolute atomic E-state index is 0.00835. The van der Waals surface area contributed by atoms with Gasteiger partial charge in [-0.05, 0) is 68.9 Å². The number of carbonyl (C=O) groups is 1. The molecule has 180 valence electrons. The zero-order valence-corrected chi connectivity index (χ0v) is 22.1. The number of hydrogen-bond donors (Lipinski definition) is 1. The van der Waals surface area contributed by atoms with E-state index in [1.54, 1.807) is 19.2 Å². The van der Waals surface area contributed by atoms with Crippen LogP contribution in [0, 0.1) is 0 Å². The fraction of sp³-hybridized carbons (Fsp3) is 0.269. The largest absolute Gasteiger partial charge is 0.483 e. The number of rotatable bonds is 8. The number of nitrogens with one attached hydrogen (secondary N) is 1. The molecule has 1 amide bonds. The Morgan fingerprint density at radius 3 is 2.24 bits per heavy atom. The maximum Gasteiger partial charge on any atom is 0.262 e. The maximum absolute atomic E-state index is 12.9. The Labute approximate surface area is 210 Å². The highest BCUT2D eigenvalue weighted by Crippen LogP contribution is 2.31. The van der Waals surface area contributed by atoms with Crippen molar-refractivity contribution in [2.24, 2.45) is 0 Å². The van der Waals surface area contributed by atoms with Crippen molar-refractivity contribution >= 4 is 37.5 Å². The third-order valence-corrected chi connectivity index (χ3v) is 7.69. The van der Waals surface area contributed by atoms with Crippen LogP contribution < -0.4 is 10.1 Å². The molecule has 0 saturated heterocycles. The minimum atomic E-state index is -3.66. The number of halogens is 1. The molecule has 3 aromatic rings. The monoisotopic (exact) mass is 544 g/mol. The SMILES string of the molecule is CN(Cc1ccccc1)S(=O)(=O)c1ccc(NC(=O)COc2ccc(C(C)(C)C)cc2Br)cc1. The van der Waals surface area contributed by atoms with E-state index in [-0.39, 0.29) is 29.4 Å². The molecule has 0 spiro atoms. The normalized spacial score (nSPS) is 11.9. The minimum Gasteiger partial charge on any atom is -0.483 e. The molecule has 0 aliphatic rings. The van der Waals surface area contributed by atoms with Crippen LogP contribution in [0.2, 0.25) is 0 Å². The number of amides is 1. The zero-order valence-electron chi connectivity index (χ0n) is 19.7. The van der Waals surface area contributed by atoms with Gasteiger partial charge in [0, 0.05) is 19.3 Å². The van der Waals surface area contributed by atoms with Crippen LogP contribution >= 0.6 is 15.9 Å². The third-order valence-electron chi connectivity index (χ3n) is 5.25. The molecule has 1 N–H and O–H groups in total. The Balaban J connectivity index is 1.58. The van der Waals surface area contributed by atoms with E-state index in [1.807, 2.05) is 48.5 Å². The molecular formula is C26H29BrN2O4S. The number of nitrogens with zero attached hydrogens (tertiary/aromatic N) is 1. The molecule has 0 unspecified atom stereocenters. The average molecular weight is 545 g/mol. The van der Waals surface area contributed by atoms with Crippen molar-refractivity contribution in [3.63, 3.8) is 0 Å². The van der Waals surface area contributed by atoms with Gasteiger partial charge in [0.05, 0.1) is 9.37 Å². The van der Waals surface area contributed by atoms with Gasteiger partial charge in [0.15, 0.2) is 6.61 Å². The first-order valence-corrected chi connectivity index (χ1v) is 13.0. The van der Waals surface area contributed by atoms with E-state index in [9.17, 15) is 13.2 Å².